The summed E-state index contributed by atoms with van der Waals surface area (Å²) in [5, 5.41) is 10.8. The summed E-state index contributed by atoms with van der Waals surface area (Å²) >= 11 is 1.70. The van der Waals surface area contributed by atoms with E-state index in [0.29, 0.717) is 11.4 Å². The molecule has 2 aromatic rings. The monoisotopic (exact) mass is 507 g/mol. The lowest BCUT2D eigenvalue weighted by atomic mass is 10.1. The van der Waals surface area contributed by atoms with E-state index in [1.807, 2.05) is 26.0 Å². The van der Waals surface area contributed by atoms with Gasteiger partial charge in [-0.15, -0.1) is 24.0 Å². The van der Waals surface area contributed by atoms with Crippen LogP contribution in [0.1, 0.15) is 23.6 Å². The van der Waals surface area contributed by atoms with Gasteiger partial charge in [0, 0.05) is 19.3 Å². The fourth-order valence-electron chi connectivity index (χ4n) is 2.50. The SMILES string of the molecule is CCNC(=NCc1ccc(S(C)(=O)=O)c(C)c1)NCCc1ccsc1.I. The Hall–Kier alpha value is -1.13. The van der Waals surface area contributed by atoms with Crippen molar-refractivity contribution >= 4 is 51.1 Å². The zero-order valence-electron chi connectivity index (χ0n) is 15.3. The van der Waals surface area contributed by atoms with Gasteiger partial charge in [0.1, 0.15) is 0 Å². The lowest BCUT2D eigenvalue weighted by Crippen LogP contribution is -2.38. The van der Waals surface area contributed by atoms with Crippen LogP contribution in [0, 0.1) is 6.92 Å². The second-order valence-electron chi connectivity index (χ2n) is 5.88. The second-order valence-corrected chi connectivity index (χ2v) is 8.64. The molecule has 5 nitrogen and oxygen atoms in total. The molecular weight excluding hydrogens is 481 g/mol. The number of aliphatic imine (C=N–C) groups is 1. The Morgan fingerprint density at radius 3 is 2.54 bits per heavy atom. The number of halogens is 1. The summed E-state index contributed by atoms with van der Waals surface area (Å²) in [6.45, 7) is 5.94. The van der Waals surface area contributed by atoms with Crippen molar-refractivity contribution in [2.75, 3.05) is 19.3 Å². The van der Waals surface area contributed by atoms with Crippen molar-refractivity contribution in [1.29, 1.82) is 0 Å². The number of aryl methyl sites for hydroxylation is 1. The molecule has 0 aliphatic rings. The van der Waals surface area contributed by atoms with E-state index in [4.69, 9.17) is 0 Å². The van der Waals surface area contributed by atoms with Crippen molar-refractivity contribution in [2.45, 2.75) is 31.7 Å². The zero-order valence-corrected chi connectivity index (χ0v) is 19.2. The van der Waals surface area contributed by atoms with Crippen LogP contribution in [-0.2, 0) is 22.8 Å². The maximum Gasteiger partial charge on any atom is 0.191 e. The molecule has 8 heteroatoms. The first-order valence-electron chi connectivity index (χ1n) is 8.23. The van der Waals surface area contributed by atoms with Crippen LogP contribution in [-0.4, -0.2) is 33.7 Å². The fourth-order valence-corrected chi connectivity index (χ4v) is 4.16. The molecule has 1 aromatic heterocycles. The molecule has 1 heterocycles. The third kappa shape index (κ3) is 7.24. The molecule has 2 rings (SSSR count). The third-order valence-corrected chi connectivity index (χ3v) is 5.68. The zero-order chi connectivity index (χ0) is 18.3. The van der Waals surface area contributed by atoms with Crippen molar-refractivity contribution in [3.05, 3.63) is 51.7 Å². The highest BCUT2D eigenvalue weighted by atomic mass is 127. The molecule has 2 N–H and O–H groups in total. The maximum absolute atomic E-state index is 11.7. The summed E-state index contributed by atoms with van der Waals surface area (Å²) in [5.41, 5.74) is 3.06. The van der Waals surface area contributed by atoms with Gasteiger partial charge in [0.25, 0.3) is 0 Å². The smallest absolute Gasteiger partial charge is 0.191 e. The molecule has 0 amide bonds. The van der Waals surface area contributed by atoms with Crippen molar-refractivity contribution in [3.8, 4) is 0 Å². The maximum atomic E-state index is 11.7. The molecule has 0 fully saturated rings. The van der Waals surface area contributed by atoms with Crippen molar-refractivity contribution in [3.63, 3.8) is 0 Å². The molecule has 0 unspecified atom stereocenters. The molecule has 1 aromatic carbocycles. The average Bonchev–Trinajstić information content (AvgIpc) is 3.04. The summed E-state index contributed by atoms with van der Waals surface area (Å²) in [6.07, 6.45) is 2.18. The molecule has 0 bridgehead atoms. The minimum Gasteiger partial charge on any atom is -0.357 e. The van der Waals surface area contributed by atoms with Gasteiger partial charge in [-0.05, 0) is 59.9 Å². The largest absolute Gasteiger partial charge is 0.357 e. The molecule has 0 spiro atoms. The normalized spacial score (nSPS) is 11.7. The van der Waals surface area contributed by atoms with E-state index >= 15 is 0 Å². The topological polar surface area (TPSA) is 70.6 Å². The number of thiophene rings is 1. The first kappa shape index (κ1) is 22.9. The van der Waals surface area contributed by atoms with Crippen molar-refractivity contribution < 1.29 is 8.42 Å². The van der Waals surface area contributed by atoms with Crippen LogP contribution < -0.4 is 10.6 Å². The second kappa shape index (κ2) is 10.9. The van der Waals surface area contributed by atoms with Gasteiger partial charge in [0.15, 0.2) is 15.8 Å². The summed E-state index contributed by atoms with van der Waals surface area (Å²) in [5.74, 6) is 0.766. The predicted octanol–water partition coefficient (Wildman–Crippen LogP) is 3.38. The molecule has 144 valence electrons. The van der Waals surface area contributed by atoms with Gasteiger partial charge in [-0.2, -0.15) is 11.3 Å². The number of benzene rings is 1. The molecule has 0 aliphatic heterocycles. The van der Waals surface area contributed by atoms with Gasteiger partial charge in [-0.1, -0.05) is 12.1 Å². The number of hydrogen-bond donors (Lipinski definition) is 2. The molecule has 0 saturated carbocycles. The van der Waals surface area contributed by atoms with E-state index in [-0.39, 0.29) is 24.0 Å². The molecule has 0 saturated heterocycles. The number of sulfone groups is 1. The Labute approximate surface area is 177 Å². The Balaban J connectivity index is 0.00000338. The highest BCUT2D eigenvalue weighted by molar-refractivity contribution is 14.0. The summed E-state index contributed by atoms with van der Waals surface area (Å²) in [7, 11) is -3.18. The first-order chi connectivity index (χ1) is 11.9. The van der Waals surface area contributed by atoms with Gasteiger partial charge in [0.2, 0.25) is 0 Å². The summed E-state index contributed by atoms with van der Waals surface area (Å²) < 4.78 is 23.4. The number of guanidine groups is 1. The number of nitrogens with one attached hydrogen (secondary N) is 2. The van der Waals surface area contributed by atoms with E-state index in [9.17, 15) is 8.42 Å². The Kier molecular flexibility index (Phi) is 9.59. The molecule has 0 aliphatic carbocycles. The minimum atomic E-state index is -3.18. The van der Waals surface area contributed by atoms with E-state index < -0.39 is 9.84 Å². The van der Waals surface area contributed by atoms with Crippen LogP contribution in [0.2, 0.25) is 0 Å². The summed E-state index contributed by atoms with van der Waals surface area (Å²) in [4.78, 5) is 4.96. The number of nitrogens with zero attached hydrogens (tertiary/aromatic N) is 1. The lowest BCUT2D eigenvalue weighted by Gasteiger charge is -2.11. The van der Waals surface area contributed by atoms with Crippen LogP contribution in [0.25, 0.3) is 0 Å². The average molecular weight is 507 g/mol. The molecule has 26 heavy (non-hydrogen) atoms. The highest BCUT2D eigenvalue weighted by Crippen LogP contribution is 2.17. The lowest BCUT2D eigenvalue weighted by molar-refractivity contribution is 0.601. The minimum absolute atomic E-state index is 0. The van der Waals surface area contributed by atoms with Gasteiger partial charge < -0.3 is 10.6 Å². The Morgan fingerprint density at radius 2 is 1.96 bits per heavy atom. The van der Waals surface area contributed by atoms with Gasteiger partial charge in [-0.3, -0.25) is 0 Å². The van der Waals surface area contributed by atoms with Crippen molar-refractivity contribution in [1.82, 2.24) is 10.6 Å². The number of rotatable bonds is 7. The third-order valence-electron chi connectivity index (χ3n) is 3.69. The van der Waals surface area contributed by atoms with E-state index in [0.717, 1.165) is 36.6 Å². The van der Waals surface area contributed by atoms with Crippen LogP contribution in [0.15, 0.2) is 44.9 Å². The molecule has 0 atom stereocenters. The van der Waals surface area contributed by atoms with Crippen LogP contribution >= 0.6 is 35.3 Å². The fraction of sp³-hybridized carbons (Fsp3) is 0.389. The quantitative estimate of drug-likeness (QED) is 0.343. The number of hydrogen-bond acceptors (Lipinski definition) is 4. The van der Waals surface area contributed by atoms with E-state index in [2.05, 4.69) is 32.5 Å². The van der Waals surface area contributed by atoms with Crippen LogP contribution in [0.5, 0.6) is 0 Å². The van der Waals surface area contributed by atoms with E-state index in [1.165, 1.54) is 11.8 Å². The van der Waals surface area contributed by atoms with Crippen molar-refractivity contribution in [2.24, 2.45) is 4.99 Å². The Bertz CT molecular complexity index is 819. The van der Waals surface area contributed by atoms with Crippen LogP contribution in [0.3, 0.4) is 0 Å². The molecular formula is C18H26IN3O2S2. The standard InChI is InChI=1S/C18H25N3O2S2.HI/c1-4-19-18(20-9-7-15-8-10-24-13-15)21-12-16-5-6-17(14(2)11-16)25(3,22)23;/h5-6,8,10-11,13H,4,7,9,12H2,1-3H3,(H2,19,20,21);1H. The highest BCUT2D eigenvalue weighted by Gasteiger charge is 2.10. The Morgan fingerprint density at radius 1 is 1.19 bits per heavy atom. The molecule has 0 radical (unpaired) electrons. The predicted molar refractivity (Wildman–Crippen MR) is 121 cm³/mol. The van der Waals surface area contributed by atoms with Gasteiger partial charge >= 0.3 is 0 Å². The first-order valence-corrected chi connectivity index (χ1v) is 11.1. The van der Waals surface area contributed by atoms with Crippen LogP contribution in [0.4, 0.5) is 0 Å². The van der Waals surface area contributed by atoms with E-state index in [1.54, 1.807) is 17.4 Å². The summed E-state index contributed by atoms with van der Waals surface area (Å²) in [6, 6.07) is 7.49. The van der Waals surface area contributed by atoms with Gasteiger partial charge in [0.05, 0.1) is 11.4 Å². The van der Waals surface area contributed by atoms with Gasteiger partial charge in [-0.25, -0.2) is 13.4 Å².